The molecule has 7 nitrogen and oxygen atoms in total. The number of rotatable bonds is 8. The summed E-state index contributed by atoms with van der Waals surface area (Å²) in [6, 6.07) is 16.1. The first-order chi connectivity index (χ1) is 17.1. The van der Waals surface area contributed by atoms with Gasteiger partial charge in [0.05, 0.1) is 36.1 Å². The molecule has 1 aliphatic rings. The van der Waals surface area contributed by atoms with Gasteiger partial charge >= 0.3 is 0 Å². The summed E-state index contributed by atoms with van der Waals surface area (Å²) in [5.41, 5.74) is 2.20. The minimum atomic E-state index is -0.153. The number of morpholine rings is 1. The number of fused-ring (bicyclic) bond motifs is 1. The molecule has 0 saturated carbocycles. The zero-order valence-corrected chi connectivity index (χ0v) is 20.8. The zero-order chi connectivity index (χ0) is 24.2. The van der Waals surface area contributed by atoms with Crippen molar-refractivity contribution in [3.8, 4) is 5.75 Å². The van der Waals surface area contributed by atoms with Crippen LogP contribution < -0.4 is 10.1 Å². The lowest BCUT2D eigenvalue weighted by atomic mass is 10.0. The van der Waals surface area contributed by atoms with Crippen molar-refractivity contribution < 1.29 is 18.8 Å². The average Bonchev–Trinajstić information content (AvgIpc) is 3.53. The average molecular weight is 492 g/mol. The molecule has 1 unspecified atom stereocenters. The number of ether oxygens (including phenoxy) is 2. The summed E-state index contributed by atoms with van der Waals surface area (Å²) in [5.74, 6) is 1.11. The van der Waals surface area contributed by atoms with Gasteiger partial charge in [0, 0.05) is 24.5 Å². The van der Waals surface area contributed by atoms with E-state index in [2.05, 4.69) is 32.9 Å². The van der Waals surface area contributed by atoms with Crippen LogP contribution in [0.25, 0.3) is 10.8 Å². The number of hydrogen-bond acceptors (Lipinski definition) is 7. The quantitative estimate of drug-likeness (QED) is 0.378. The largest absolute Gasteiger partial charge is 0.488 e. The van der Waals surface area contributed by atoms with Gasteiger partial charge in [-0.15, -0.1) is 11.3 Å². The number of hydrogen-bond donors (Lipinski definition) is 1. The van der Waals surface area contributed by atoms with Crippen LogP contribution in [0.5, 0.6) is 5.75 Å². The molecule has 0 aliphatic carbocycles. The van der Waals surface area contributed by atoms with Gasteiger partial charge in [-0.1, -0.05) is 35.5 Å². The van der Waals surface area contributed by atoms with Crippen LogP contribution in [-0.2, 0) is 11.3 Å². The number of amides is 1. The van der Waals surface area contributed by atoms with Crippen molar-refractivity contribution in [3.05, 3.63) is 81.4 Å². The Morgan fingerprint density at radius 3 is 2.60 bits per heavy atom. The highest BCUT2D eigenvalue weighted by Gasteiger charge is 2.25. The molecular weight excluding hydrogens is 462 g/mol. The molecule has 1 amide bonds. The zero-order valence-electron chi connectivity index (χ0n) is 20.0. The summed E-state index contributed by atoms with van der Waals surface area (Å²) >= 11 is 1.71. The Kier molecular flexibility index (Phi) is 7.13. The van der Waals surface area contributed by atoms with Crippen LogP contribution in [0.1, 0.15) is 38.3 Å². The van der Waals surface area contributed by atoms with Crippen LogP contribution in [0, 0.1) is 13.8 Å². The van der Waals surface area contributed by atoms with Gasteiger partial charge in [0.1, 0.15) is 18.1 Å². The molecule has 35 heavy (non-hydrogen) atoms. The molecule has 1 saturated heterocycles. The molecule has 8 heteroatoms. The van der Waals surface area contributed by atoms with E-state index in [9.17, 15) is 4.79 Å². The smallest absolute Gasteiger partial charge is 0.255 e. The van der Waals surface area contributed by atoms with E-state index in [4.69, 9.17) is 14.0 Å². The minimum Gasteiger partial charge on any atom is -0.488 e. The molecule has 0 bridgehead atoms. The maximum absolute atomic E-state index is 13.5. The highest BCUT2D eigenvalue weighted by atomic mass is 32.1. The van der Waals surface area contributed by atoms with Crippen molar-refractivity contribution in [2.75, 3.05) is 32.8 Å². The van der Waals surface area contributed by atoms with Gasteiger partial charge in [0.2, 0.25) is 0 Å². The van der Waals surface area contributed by atoms with E-state index >= 15 is 0 Å². The third-order valence-corrected chi connectivity index (χ3v) is 7.43. The Bertz CT molecular complexity index is 1280. The molecule has 1 fully saturated rings. The molecule has 182 valence electrons. The van der Waals surface area contributed by atoms with Gasteiger partial charge in [-0.05, 0) is 48.2 Å². The third kappa shape index (κ3) is 5.24. The monoisotopic (exact) mass is 491 g/mol. The second-order valence-electron chi connectivity index (χ2n) is 8.68. The fourth-order valence-electron chi connectivity index (χ4n) is 4.44. The number of benzene rings is 2. The number of nitrogens with zero attached hydrogens (tertiary/aromatic N) is 2. The van der Waals surface area contributed by atoms with Gasteiger partial charge in [-0.3, -0.25) is 9.69 Å². The summed E-state index contributed by atoms with van der Waals surface area (Å²) in [6.07, 6.45) is 0. The number of aromatic nitrogens is 1. The molecule has 2 aromatic heterocycles. The number of thiophene rings is 1. The van der Waals surface area contributed by atoms with E-state index in [-0.39, 0.29) is 18.6 Å². The Hall–Kier alpha value is -3.20. The van der Waals surface area contributed by atoms with Crippen molar-refractivity contribution in [2.45, 2.75) is 26.5 Å². The fraction of sp³-hybridized carbons (Fsp3) is 0.333. The summed E-state index contributed by atoms with van der Waals surface area (Å²) in [4.78, 5) is 17.1. The standard InChI is InChI=1S/C27H29N3O4S/c1-18-23(19(2)34-29-18)17-33-25-15-21-7-4-3-6-20(21)14-22(25)27(31)28-16-24(26-8-5-13-35-26)30-9-11-32-12-10-30/h3-8,13-15,24H,9-12,16-17H2,1-2H3,(H,28,31). The molecule has 5 rings (SSSR count). The van der Waals surface area contributed by atoms with Crippen molar-refractivity contribution in [2.24, 2.45) is 0 Å². The van der Waals surface area contributed by atoms with Crippen LogP contribution >= 0.6 is 11.3 Å². The molecule has 1 aliphatic heterocycles. The topological polar surface area (TPSA) is 76.8 Å². The number of carbonyl (C=O) groups excluding carboxylic acids is 1. The van der Waals surface area contributed by atoms with Crippen LogP contribution in [-0.4, -0.2) is 48.8 Å². The van der Waals surface area contributed by atoms with Crippen LogP contribution in [0.2, 0.25) is 0 Å². The predicted octanol–water partition coefficient (Wildman–Crippen LogP) is 4.89. The van der Waals surface area contributed by atoms with Crippen molar-refractivity contribution in [3.63, 3.8) is 0 Å². The maximum atomic E-state index is 13.5. The highest BCUT2D eigenvalue weighted by Crippen LogP contribution is 2.29. The molecule has 0 spiro atoms. The lowest BCUT2D eigenvalue weighted by Crippen LogP contribution is -2.43. The van der Waals surface area contributed by atoms with Gasteiger partial charge < -0.3 is 19.3 Å². The summed E-state index contributed by atoms with van der Waals surface area (Å²) < 4.78 is 17.0. The van der Waals surface area contributed by atoms with Gasteiger partial charge in [0.15, 0.2) is 0 Å². The predicted molar refractivity (Wildman–Crippen MR) is 136 cm³/mol. The van der Waals surface area contributed by atoms with Gasteiger partial charge in [-0.25, -0.2) is 0 Å². The van der Waals surface area contributed by atoms with Crippen molar-refractivity contribution in [1.82, 2.24) is 15.4 Å². The van der Waals surface area contributed by atoms with Gasteiger partial charge in [0.25, 0.3) is 5.91 Å². The second-order valence-corrected chi connectivity index (χ2v) is 9.66. The first kappa shape index (κ1) is 23.5. The maximum Gasteiger partial charge on any atom is 0.255 e. The van der Waals surface area contributed by atoms with E-state index < -0.39 is 0 Å². The molecule has 1 atom stereocenters. The van der Waals surface area contributed by atoms with E-state index in [1.54, 1.807) is 11.3 Å². The van der Waals surface area contributed by atoms with E-state index in [1.165, 1.54) is 4.88 Å². The Morgan fingerprint density at radius 2 is 1.91 bits per heavy atom. The first-order valence-electron chi connectivity index (χ1n) is 11.8. The second kappa shape index (κ2) is 10.6. The molecule has 2 aromatic carbocycles. The highest BCUT2D eigenvalue weighted by molar-refractivity contribution is 7.10. The number of carbonyl (C=O) groups is 1. The summed E-state index contributed by atoms with van der Waals surface area (Å²) in [7, 11) is 0. The van der Waals surface area contributed by atoms with Crippen molar-refractivity contribution in [1.29, 1.82) is 0 Å². The van der Waals surface area contributed by atoms with E-state index in [0.717, 1.165) is 40.9 Å². The van der Waals surface area contributed by atoms with E-state index in [1.807, 2.05) is 50.2 Å². The number of nitrogens with one attached hydrogen (secondary N) is 1. The third-order valence-electron chi connectivity index (χ3n) is 6.46. The van der Waals surface area contributed by atoms with Crippen molar-refractivity contribution >= 4 is 28.0 Å². The lowest BCUT2D eigenvalue weighted by molar-refractivity contribution is 0.0169. The Morgan fingerprint density at radius 1 is 1.14 bits per heavy atom. The van der Waals surface area contributed by atoms with Crippen LogP contribution in [0.3, 0.4) is 0 Å². The number of aryl methyl sites for hydroxylation is 2. The SMILES string of the molecule is Cc1noc(C)c1COc1cc2ccccc2cc1C(=O)NCC(c1cccs1)N1CCOCC1. The molecule has 1 N–H and O–H groups in total. The van der Waals surface area contributed by atoms with E-state index in [0.29, 0.717) is 31.1 Å². The van der Waals surface area contributed by atoms with Crippen LogP contribution in [0.4, 0.5) is 0 Å². The Balaban J connectivity index is 1.39. The van der Waals surface area contributed by atoms with Gasteiger partial charge in [-0.2, -0.15) is 0 Å². The normalized spacial score (nSPS) is 15.3. The molecule has 4 aromatic rings. The molecule has 0 radical (unpaired) electrons. The molecular formula is C27H29N3O4S. The lowest BCUT2D eigenvalue weighted by Gasteiger charge is -2.34. The molecule has 3 heterocycles. The summed E-state index contributed by atoms with van der Waals surface area (Å²) in [5, 5.41) is 11.3. The minimum absolute atomic E-state index is 0.106. The Labute approximate surface area is 208 Å². The summed E-state index contributed by atoms with van der Waals surface area (Å²) in [6.45, 7) is 7.66. The van der Waals surface area contributed by atoms with Crippen LogP contribution in [0.15, 0.2) is 58.4 Å². The first-order valence-corrected chi connectivity index (χ1v) is 12.7. The fourth-order valence-corrected chi connectivity index (χ4v) is 5.30.